The second kappa shape index (κ2) is 14.4. The van der Waals surface area contributed by atoms with Gasteiger partial charge in [-0.05, 0) is 52.1 Å². The molecule has 7 rings (SSSR count). The third kappa shape index (κ3) is 7.29. The van der Waals surface area contributed by atoms with E-state index in [9.17, 15) is 9.90 Å². The first-order valence-electron chi connectivity index (χ1n) is 15.7. The maximum atomic E-state index is 12.9. The molecule has 2 N–H and O–H groups in total. The van der Waals surface area contributed by atoms with Crippen molar-refractivity contribution in [3.63, 3.8) is 0 Å². The fourth-order valence-electron chi connectivity index (χ4n) is 5.66. The molecule has 1 aliphatic rings. The van der Waals surface area contributed by atoms with Crippen molar-refractivity contribution in [1.82, 2.24) is 30.0 Å². The minimum atomic E-state index is -0.586. The molecule has 1 aliphatic heterocycles. The molecule has 48 heavy (non-hydrogen) atoms. The van der Waals surface area contributed by atoms with E-state index in [0.717, 1.165) is 44.1 Å². The highest BCUT2D eigenvalue weighted by molar-refractivity contribution is 7.99. The molecule has 0 unspecified atom stereocenters. The molecule has 0 bridgehead atoms. The molecular weight excluding hydrogens is 625 g/mol. The summed E-state index contributed by atoms with van der Waals surface area (Å²) in [4.78, 5) is 21.7. The van der Waals surface area contributed by atoms with Crippen LogP contribution in [0.2, 0.25) is 0 Å². The highest BCUT2D eigenvalue weighted by Gasteiger charge is 2.32. The summed E-state index contributed by atoms with van der Waals surface area (Å²) in [5.74, 6) is 0.412. The summed E-state index contributed by atoms with van der Waals surface area (Å²) in [6.45, 7) is 0.339. The largest absolute Gasteiger partial charge is 0.392 e. The lowest BCUT2D eigenvalue weighted by molar-refractivity contribution is -0.245. The van der Waals surface area contributed by atoms with E-state index >= 15 is 0 Å². The third-order valence-electron chi connectivity index (χ3n) is 8.24. The number of hydrogen-bond donors (Lipinski definition) is 2. The second-order valence-corrected chi connectivity index (χ2v) is 12.6. The van der Waals surface area contributed by atoms with Crippen molar-refractivity contribution in [2.75, 3.05) is 5.75 Å². The van der Waals surface area contributed by atoms with Crippen LogP contribution in [0.4, 0.5) is 0 Å². The summed E-state index contributed by atoms with van der Waals surface area (Å²) < 4.78 is 15.0. The lowest BCUT2D eigenvalue weighted by atomic mass is 9.99. The number of carbonyl (C=O) groups excluding carboxylic acids is 1. The summed E-state index contributed by atoms with van der Waals surface area (Å²) in [5, 5.41) is 21.5. The van der Waals surface area contributed by atoms with Gasteiger partial charge in [-0.3, -0.25) is 9.78 Å². The zero-order valence-electron chi connectivity index (χ0n) is 26.3. The lowest BCUT2D eigenvalue weighted by Crippen LogP contribution is -2.31. The Labute approximate surface area is 282 Å². The average molecular weight is 659 g/mol. The highest BCUT2D eigenvalue weighted by atomic mass is 32.2. The number of fused-ring (bicyclic) bond motifs is 1. The summed E-state index contributed by atoms with van der Waals surface area (Å²) in [7, 11) is 1.93. The van der Waals surface area contributed by atoms with Crippen LogP contribution in [0.3, 0.4) is 0 Å². The van der Waals surface area contributed by atoms with Crippen LogP contribution in [0.15, 0.2) is 115 Å². The van der Waals surface area contributed by atoms with E-state index in [-0.39, 0.29) is 30.4 Å². The number of rotatable bonds is 10. The summed E-state index contributed by atoms with van der Waals surface area (Å²) >= 11 is 1.61. The average Bonchev–Trinajstić information content (AvgIpc) is 3.57. The molecule has 1 amide bonds. The van der Waals surface area contributed by atoms with Crippen LogP contribution >= 0.6 is 11.8 Å². The monoisotopic (exact) mass is 658 g/mol. The number of aliphatic hydroxyl groups is 1. The number of ether oxygens (including phenoxy) is 2. The Kier molecular flexibility index (Phi) is 9.53. The smallest absolute Gasteiger partial charge is 0.271 e. The SMILES string of the molecule is Cn1cnnc1SC[C@H]1C[C@@H](c2ccc(CO)cc2)O[C@@H](c2cccc(-c3cccc(CNC(=O)c4cnc5ccccc5n4)c3)c2)O1. The number of aliphatic hydroxyl groups excluding tert-OH is 1. The quantitative estimate of drug-likeness (QED) is 0.166. The Bertz CT molecular complexity index is 2030. The van der Waals surface area contributed by atoms with Crippen LogP contribution in [0, 0.1) is 0 Å². The number of carbonyl (C=O) groups is 1. The Balaban J connectivity index is 1.07. The maximum Gasteiger partial charge on any atom is 0.271 e. The molecule has 1 saturated heterocycles. The molecule has 10 nitrogen and oxygen atoms in total. The Hall–Kier alpha value is -4.94. The molecule has 11 heteroatoms. The van der Waals surface area contributed by atoms with Crippen molar-refractivity contribution in [2.45, 2.75) is 43.2 Å². The van der Waals surface area contributed by atoms with E-state index in [1.54, 1.807) is 18.1 Å². The number of benzene rings is 4. The topological polar surface area (TPSA) is 124 Å². The van der Waals surface area contributed by atoms with Gasteiger partial charge in [0.1, 0.15) is 12.0 Å². The molecule has 0 radical (unpaired) electrons. The van der Waals surface area contributed by atoms with Crippen LogP contribution in [0.25, 0.3) is 22.2 Å². The fourth-order valence-corrected chi connectivity index (χ4v) is 6.56. The normalized spacial score (nSPS) is 17.8. The second-order valence-electron chi connectivity index (χ2n) is 11.6. The van der Waals surface area contributed by atoms with E-state index in [4.69, 9.17) is 9.47 Å². The Morgan fingerprint density at radius 1 is 0.917 bits per heavy atom. The van der Waals surface area contributed by atoms with Gasteiger partial charge < -0.3 is 24.5 Å². The number of nitrogens with one attached hydrogen (secondary N) is 1. The molecule has 6 aromatic rings. The number of amides is 1. The first-order valence-corrected chi connectivity index (χ1v) is 16.7. The van der Waals surface area contributed by atoms with Crippen molar-refractivity contribution in [1.29, 1.82) is 0 Å². The lowest BCUT2D eigenvalue weighted by Gasteiger charge is -2.36. The van der Waals surface area contributed by atoms with Crippen LogP contribution in [0.1, 0.15) is 51.6 Å². The van der Waals surface area contributed by atoms with Gasteiger partial charge in [0.15, 0.2) is 11.4 Å². The minimum Gasteiger partial charge on any atom is -0.392 e. The van der Waals surface area contributed by atoms with Crippen molar-refractivity contribution in [3.05, 3.63) is 138 Å². The van der Waals surface area contributed by atoms with E-state index in [1.807, 2.05) is 90.5 Å². The Morgan fingerprint density at radius 2 is 1.71 bits per heavy atom. The third-order valence-corrected chi connectivity index (χ3v) is 9.40. The van der Waals surface area contributed by atoms with Crippen molar-refractivity contribution < 1.29 is 19.4 Å². The first kappa shape index (κ1) is 31.6. The minimum absolute atomic E-state index is 0.00595. The van der Waals surface area contributed by atoms with Gasteiger partial charge in [0, 0.05) is 31.3 Å². The molecule has 1 fully saturated rings. The van der Waals surface area contributed by atoms with Gasteiger partial charge in [-0.1, -0.05) is 84.6 Å². The molecule has 2 aromatic heterocycles. The van der Waals surface area contributed by atoms with Crippen LogP contribution in [-0.2, 0) is 29.7 Å². The standard InChI is InChI=1S/C37H34N6O4S/c1-43-23-40-42-37(43)48-22-30-18-34(26-14-12-24(21-44)13-15-26)47-36(46-30)29-9-5-8-28(17-29)27-7-4-6-25(16-27)19-39-35(45)33-20-38-31-10-2-3-11-32(31)41-33/h2-17,20,23,30,34,36,44H,18-19,21-22H2,1H3,(H,39,45)/t30-,34+,36+/m1/s1. The van der Waals surface area contributed by atoms with Crippen LogP contribution < -0.4 is 5.32 Å². The first-order chi connectivity index (χ1) is 23.5. The highest BCUT2D eigenvalue weighted by Crippen LogP contribution is 2.40. The molecule has 3 atom stereocenters. The van der Waals surface area contributed by atoms with Gasteiger partial charge in [0.05, 0.1) is 36.0 Å². The summed E-state index contributed by atoms with van der Waals surface area (Å²) in [6.07, 6.45) is 2.99. The molecular formula is C37H34N6O4S. The van der Waals surface area contributed by atoms with Crippen molar-refractivity contribution in [2.24, 2.45) is 7.05 Å². The van der Waals surface area contributed by atoms with Crippen LogP contribution in [-0.4, -0.2) is 47.6 Å². The zero-order chi connectivity index (χ0) is 32.9. The number of para-hydroxylation sites is 2. The molecule has 0 spiro atoms. The number of aryl methyl sites for hydroxylation is 1. The number of thioether (sulfide) groups is 1. The van der Waals surface area contributed by atoms with Gasteiger partial charge in [0.2, 0.25) is 0 Å². The van der Waals surface area contributed by atoms with Gasteiger partial charge in [0.25, 0.3) is 5.91 Å². The molecule has 242 valence electrons. The predicted octanol–water partition coefficient (Wildman–Crippen LogP) is 6.19. The van der Waals surface area contributed by atoms with E-state index < -0.39 is 6.29 Å². The molecule has 4 aromatic carbocycles. The van der Waals surface area contributed by atoms with E-state index in [2.05, 4.69) is 43.7 Å². The maximum absolute atomic E-state index is 12.9. The number of aromatic nitrogens is 5. The van der Waals surface area contributed by atoms with Gasteiger partial charge >= 0.3 is 0 Å². The molecule has 0 aliphatic carbocycles. The predicted molar refractivity (Wildman–Crippen MR) is 183 cm³/mol. The summed E-state index contributed by atoms with van der Waals surface area (Å²) in [5.41, 5.74) is 7.48. The van der Waals surface area contributed by atoms with E-state index in [1.165, 1.54) is 6.20 Å². The number of hydrogen-bond acceptors (Lipinski definition) is 9. The van der Waals surface area contributed by atoms with E-state index in [0.29, 0.717) is 24.2 Å². The molecule has 0 saturated carbocycles. The van der Waals surface area contributed by atoms with Crippen molar-refractivity contribution in [3.8, 4) is 11.1 Å². The zero-order valence-corrected chi connectivity index (χ0v) is 27.1. The van der Waals surface area contributed by atoms with Crippen LogP contribution in [0.5, 0.6) is 0 Å². The van der Waals surface area contributed by atoms with Gasteiger partial charge in [-0.2, -0.15) is 0 Å². The fraction of sp³-hybridized carbons (Fsp3) is 0.216. The number of nitrogens with zero attached hydrogens (tertiary/aromatic N) is 5. The van der Waals surface area contributed by atoms with Gasteiger partial charge in [-0.15, -0.1) is 10.2 Å². The molecule has 3 heterocycles. The Morgan fingerprint density at radius 3 is 2.50 bits per heavy atom. The van der Waals surface area contributed by atoms with Crippen molar-refractivity contribution >= 4 is 28.7 Å². The van der Waals surface area contributed by atoms with Gasteiger partial charge in [-0.25, -0.2) is 4.98 Å². The summed E-state index contributed by atoms with van der Waals surface area (Å²) in [6, 6.07) is 31.6.